The summed E-state index contributed by atoms with van der Waals surface area (Å²) >= 11 is 0. The van der Waals surface area contributed by atoms with Gasteiger partial charge < -0.3 is 13.9 Å². The van der Waals surface area contributed by atoms with Crippen molar-refractivity contribution >= 4 is 60.8 Å². The number of furan rings is 1. The van der Waals surface area contributed by atoms with Gasteiger partial charge in [-0.1, -0.05) is 200 Å². The van der Waals surface area contributed by atoms with Crippen molar-refractivity contribution in [2.24, 2.45) is 0 Å². The van der Waals surface area contributed by atoms with E-state index in [-0.39, 0.29) is 0 Å². The molecule has 0 saturated carbocycles. The predicted octanol–water partition coefficient (Wildman–Crippen LogP) is 19.5. The molecule has 16 rings (SSSR count). The van der Waals surface area contributed by atoms with Crippen LogP contribution < -0.4 is 4.90 Å². The Hall–Kier alpha value is -9.96. The van der Waals surface area contributed by atoms with Gasteiger partial charge in [0.2, 0.25) is 0 Å². The number of hydrogen-bond acceptors (Lipinski definition) is 2. The molecule has 0 atom stereocenters. The van der Waals surface area contributed by atoms with Crippen molar-refractivity contribution in [3.63, 3.8) is 0 Å². The van der Waals surface area contributed by atoms with Gasteiger partial charge in [-0.15, -0.1) is 0 Å². The smallest absolute Gasteiger partial charge is 0.136 e. The van der Waals surface area contributed by atoms with Gasteiger partial charge in [-0.25, -0.2) is 0 Å². The van der Waals surface area contributed by atoms with Crippen LogP contribution >= 0.6 is 0 Å². The summed E-state index contributed by atoms with van der Waals surface area (Å²) < 4.78 is 8.74. The summed E-state index contributed by atoms with van der Waals surface area (Å²) in [6.45, 7) is 0. The van der Waals surface area contributed by atoms with Gasteiger partial charge in [-0.2, -0.15) is 0 Å². The highest BCUT2D eigenvalue weighted by atomic mass is 16.3. The minimum atomic E-state index is -0.508. The minimum absolute atomic E-state index is 0.508. The van der Waals surface area contributed by atoms with Crippen LogP contribution in [0, 0.1) is 0 Å². The molecule has 3 nitrogen and oxygen atoms in total. The maximum atomic E-state index is 6.36. The molecule has 12 aromatic carbocycles. The molecule has 0 bridgehead atoms. The number of benzene rings is 12. The molecule has 0 radical (unpaired) electrons. The Morgan fingerprint density at radius 3 is 1.46 bits per heavy atom. The highest BCUT2D eigenvalue weighted by molar-refractivity contribution is 6.11. The number of rotatable bonds is 7. The van der Waals surface area contributed by atoms with Crippen LogP contribution in [0.2, 0.25) is 0 Å². The van der Waals surface area contributed by atoms with E-state index >= 15 is 0 Å². The largest absolute Gasteiger partial charge is 0.456 e. The van der Waals surface area contributed by atoms with Crippen LogP contribution in [0.4, 0.5) is 17.1 Å². The van der Waals surface area contributed by atoms with Crippen LogP contribution in [0.5, 0.6) is 0 Å². The summed E-state index contributed by atoms with van der Waals surface area (Å²) in [4.78, 5) is 2.45. The molecule has 354 valence electrons. The summed E-state index contributed by atoms with van der Waals surface area (Å²) in [5.74, 6) is 0. The Bertz CT molecular complexity index is 4570. The van der Waals surface area contributed by atoms with E-state index in [1.54, 1.807) is 0 Å². The fourth-order valence-electron chi connectivity index (χ4n) is 13.2. The Balaban J connectivity index is 0.869. The van der Waals surface area contributed by atoms with Gasteiger partial charge in [-0.05, 0) is 151 Å². The number of nitrogens with zero attached hydrogens (tertiary/aromatic N) is 2. The van der Waals surface area contributed by atoms with Crippen molar-refractivity contribution in [2.45, 2.75) is 5.41 Å². The van der Waals surface area contributed by atoms with Crippen molar-refractivity contribution in [1.82, 2.24) is 4.57 Å². The van der Waals surface area contributed by atoms with Gasteiger partial charge in [-0.3, -0.25) is 0 Å². The molecule has 2 heterocycles. The Morgan fingerprint density at radius 1 is 0.303 bits per heavy atom. The topological polar surface area (TPSA) is 21.3 Å². The Labute approximate surface area is 440 Å². The van der Waals surface area contributed by atoms with Crippen molar-refractivity contribution < 1.29 is 4.42 Å². The zero-order valence-corrected chi connectivity index (χ0v) is 41.4. The molecule has 0 N–H and O–H groups in total. The van der Waals surface area contributed by atoms with Crippen molar-refractivity contribution in [1.29, 1.82) is 0 Å². The van der Waals surface area contributed by atoms with E-state index in [0.29, 0.717) is 0 Å². The van der Waals surface area contributed by atoms with E-state index in [2.05, 4.69) is 276 Å². The summed E-state index contributed by atoms with van der Waals surface area (Å²) in [5, 5.41) is 4.74. The van der Waals surface area contributed by atoms with E-state index in [0.717, 1.165) is 66.9 Å². The fourth-order valence-corrected chi connectivity index (χ4v) is 13.2. The summed E-state index contributed by atoms with van der Waals surface area (Å²) in [6, 6.07) is 103. The molecule has 0 amide bonds. The second kappa shape index (κ2) is 16.5. The van der Waals surface area contributed by atoms with Crippen LogP contribution in [0.3, 0.4) is 0 Å². The average Bonchev–Trinajstić information content (AvgIpc) is 4.42. The molecule has 2 aromatic heterocycles. The second-order valence-corrected chi connectivity index (χ2v) is 20.3. The standard InChI is InChI=1S/C73H46N2O/c1-2-17-51(18-3-1)75-68-31-14-8-23-58(68)63-45-49(38-44-69(63)75)47-33-39-52(40-34-47)74(53-41-35-48(36-42-53)50-37-43-60-59-24-9-15-32-70(59)76-71(60)46-50)67-30-13-7-22-57(67)62-26-16-25-61-56-21-6-12-29-66(56)73(72(61)62)64-27-10-4-19-54(64)55-20-5-11-28-65(55)73/h1-46H. The molecule has 0 saturated heterocycles. The monoisotopic (exact) mass is 966 g/mol. The van der Waals surface area contributed by atoms with E-state index in [9.17, 15) is 0 Å². The highest BCUT2D eigenvalue weighted by Gasteiger charge is 2.52. The van der Waals surface area contributed by atoms with Crippen LogP contribution in [-0.2, 0) is 5.41 Å². The second-order valence-electron chi connectivity index (χ2n) is 20.3. The first-order valence-electron chi connectivity index (χ1n) is 26.2. The van der Waals surface area contributed by atoms with Gasteiger partial charge in [0.15, 0.2) is 0 Å². The lowest BCUT2D eigenvalue weighted by molar-refractivity contribution is 0.669. The molecule has 0 fully saturated rings. The van der Waals surface area contributed by atoms with Crippen LogP contribution in [0.15, 0.2) is 283 Å². The lowest BCUT2D eigenvalue weighted by Crippen LogP contribution is -2.26. The van der Waals surface area contributed by atoms with Gasteiger partial charge in [0.1, 0.15) is 11.2 Å². The number of hydrogen-bond donors (Lipinski definition) is 0. The third kappa shape index (κ3) is 6.11. The first-order chi connectivity index (χ1) is 37.7. The molecule has 0 unspecified atom stereocenters. The van der Waals surface area contributed by atoms with Crippen LogP contribution in [-0.4, -0.2) is 4.57 Å². The average molecular weight is 967 g/mol. The molecule has 14 aromatic rings. The molecule has 3 heteroatoms. The fraction of sp³-hybridized carbons (Fsp3) is 0.0137. The third-order valence-electron chi connectivity index (χ3n) is 16.4. The van der Waals surface area contributed by atoms with Crippen molar-refractivity contribution in [2.75, 3.05) is 4.90 Å². The number of aromatic nitrogens is 1. The van der Waals surface area contributed by atoms with Gasteiger partial charge in [0.25, 0.3) is 0 Å². The molecular weight excluding hydrogens is 921 g/mol. The van der Waals surface area contributed by atoms with Gasteiger partial charge in [0.05, 0.1) is 22.1 Å². The quantitative estimate of drug-likeness (QED) is 0.159. The van der Waals surface area contributed by atoms with Gasteiger partial charge in [0, 0.05) is 44.2 Å². The normalized spacial score (nSPS) is 12.8. The lowest BCUT2D eigenvalue weighted by atomic mass is 9.68. The predicted molar refractivity (Wildman–Crippen MR) is 315 cm³/mol. The summed E-state index contributed by atoms with van der Waals surface area (Å²) in [7, 11) is 0. The lowest BCUT2D eigenvalue weighted by Gasteiger charge is -2.33. The first-order valence-corrected chi connectivity index (χ1v) is 26.2. The maximum Gasteiger partial charge on any atom is 0.136 e. The zero-order chi connectivity index (χ0) is 49.9. The van der Waals surface area contributed by atoms with E-state index < -0.39 is 5.41 Å². The van der Waals surface area contributed by atoms with Crippen molar-refractivity contribution in [3.8, 4) is 61.3 Å². The third-order valence-corrected chi connectivity index (χ3v) is 16.4. The minimum Gasteiger partial charge on any atom is -0.456 e. The molecule has 2 aliphatic carbocycles. The first kappa shape index (κ1) is 42.5. The Morgan fingerprint density at radius 2 is 0.776 bits per heavy atom. The van der Waals surface area contributed by atoms with E-state index in [4.69, 9.17) is 4.42 Å². The molecule has 1 spiro atoms. The highest BCUT2D eigenvalue weighted by Crippen LogP contribution is 2.65. The van der Waals surface area contributed by atoms with Crippen molar-refractivity contribution in [3.05, 3.63) is 301 Å². The SMILES string of the molecule is c1ccc(-n2c3ccccc3c3cc(-c4ccc(N(c5ccc(-c6ccc7c(c6)oc6ccccc67)cc5)c5ccccc5-c5cccc6c5C5(c7ccccc7-c7ccccc75)c5ccccc5-6)cc4)ccc32)cc1. The Kier molecular flexibility index (Phi) is 9.25. The van der Waals surface area contributed by atoms with Crippen LogP contribution in [0.1, 0.15) is 22.3 Å². The zero-order valence-electron chi connectivity index (χ0n) is 41.4. The molecule has 0 aliphatic heterocycles. The molecule has 2 aliphatic rings. The number of fused-ring (bicyclic) bond motifs is 16. The summed E-state index contributed by atoms with van der Waals surface area (Å²) in [6.07, 6.45) is 0. The molecule has 76 heavy (non-hydrogen) atoms. The number of anilines is 3. The van der Waals surface area contributed by atoms with Crippen LogP contribution in [0.25, 0.3) is 105 Å². The maximum absolute atomic E-state index is 6.36. The van der Waals surface area contributed by atoms with E-state index in [1.165, 1.54) is 77.4 Å². The summed E-state index contributed by atoms with van der Waals surface area (Å²) in [5.41, 5.74) is 25.5. The van der Waals surface area contributed by atoms with Gasteiger partial charge >= 0.3 is 0 Å². The van der Waals surface area contributed by atoms with E-state index in [1.807, 2.05) is 12.1 Å². The number of para-hydroxylation sites is 4. The molecular formula is C73H46N2O.